The maximum absolute atomic E-state index is 11.3. The molecule has 1 aromatic heterocycles. The zero-order valence-electron chi connectivity index (χ0n) is 18.1. The molecule has 1 unspecified atom stereocenters. The van der Waals surface area contributed by atoms with Gasteiger partial charge in [0.05, 0.1) is 42.5 Å². The molecular formula is C23H28N2O7. The van der Waals surface area contributed by atoms with E-state index >= 15 is 0 Å². The first-order chi connectivity index (χ1) is 15.5. The molecule has 32 heavy (non-hydrogen) atoms. The molecule has 0 amide bonds. The first kappa shape index (κ1) is 22.6. The normalized spacial score (nSPS) is 19.9. The number of aryl methyl sites for hydroxylation is 1. The Morgan fingerprint density at radius 1 is 1.25 bits per heavy atom. The summed E-state index contributed by atoms with van der Waals surface area (Å²) in [4.78, 5) is 15.5. The van der Waals surface area contributed by atoms with Gasteiger partial charge in [0.25, 0.3) is 5.69 Å². The number of rotatable bonds is 9. The molecule has 0 bridgehead atoms. The topological polar surface area (TPSA) is 113 Å². The van der Waals surface area contributed by atoms with Gasteiger partial charge in [-0.1, -0.05) is 6.07 Å². The SMILES string of the molecule is Cc1ccc([N+](=O)[O-])cc1-c1cc(OCCOC2CCCCO2)nc(C2(CO)COC2)c1. The van der Waals surface area contributed by atoms with Gasteiger partial charge in [0.2, 0.25) is 5.88 Å². The number of hydrogen-bond acceptors (Lipinski definition) is 8. The Balaban J connectivity index is 1.57. The predicted octanol–water partition coefficient (Wildman–Crippen LogP) is 3.15. The van der Waals surface area contributed by atoms with Crippen molar-refractivity contribution in [2.45, 2.75) is 37.9 Å². The number of nitrogens with zero attached hydrogens (tertiary/aromatic N) is 2. The number of aliphatic hydroxyl groups is 1. The maximum Gasteiger partial charge on any atom is 0.270 e. The number of aliphatic hydroxyl groups excluding tert-OH is 1. The molecule has 172 valence electrons. The highest BCUT2D eigenvalue weighted by molar-refractivity contribution is 5.71. The van der Waals surface area contributed by atoms with Gasteiger partial charge in [0.1, 0.15) is 6.61 Å². The van der Waals surface area contributed by atoms with E-state index in [1.807, 2.05) is 13.0 Å². The van der Waals surface area contributed by atoms with Crippen LogP contribution in [0.25, 0.3) is 11.1 Å². The van der Waals surface area contributed by atoms with Gasteiger partial charge in [-0.15, -0.1) is 0 Å². The maximum atomic E-state index is 11.3. The Kier molecular flexibility index (Phi) is 7.00. The van der Waals surface area contributed by atoms with Gasteiger partial charge in [-0.3, -0.25) is 10.1 Å². The second kappa shape index (κ2) is 9.91. The molecule has 2 aliphatic rings. The predicted molar refractivity (Wildman–Crippen MR) is 116 cm³/mol. The number of ether oxygens (including phenoxy) is 4. The molecule has 1 N–H and O–H groups in total. The molecule has 0 radical (unpaired) electrons. The van der Waals surface area contributed by atoms with Crippen LogP contribution in [0.4, 0.5) is 5.69 Å². The van der Waals surface area contributed by atoms with E-state index in [2.05, 4.69) is 4.98 Å². The summed E-state index contributed by atoms with van der Waals surface area (Å²) in [5, 5.41) is 21.3. The second-order valence-corrected chi connectivity index (χ2v) is 8.28. The lowest BCUT2D eigenvalue weighted by molar-refractivity contribution is -0.384. The van der Waals surface area contributed by atoms with Crippen molar-refractivity contribution in [1.29, 1.82) is 0 Å². The number of nitro benzene ring substituents is 1. The minimum Gasteiger partial charge on any atom is -0.475 e. The van der Waals surface area contributed by atoms with Gasteiger partial charge in [-0.05, 0) is 48.9 Å². The molecule has 2 aliphatic heterocycles. The van der Waals surface area contributed by atoms with Crippen molar-refractivity contribution in [1.82, 2.24) is 4.98 Å². The summed E-state index contributed by atoms with van der Waals surface area (Å²) < 4.78 is 22.5. The molecule has 9 heteroatoms. The summed E-state index contributed by atoms with van der Waals surface area (Å²) in [6, 6.07) is 8.37. The van der Waals surface area contributed by atoms with Crippen molar-refractivity contribution in [2.24, 2.45) is 0 Å². The lowest BCUT2D eigenvalue weighted by Gasteiger charge is -2.39. The molecule has 1 atom stereocenters. The lowest BCUT2D eigenvalue weighted by atomic mass is 9.82. The van der Waals surface area contributed by atoms with Crippen LogP contribution in [0.1, 0.15) is 30.5 Å². The van der Waals surface area contributed by atoms with Gasteiger partial charge in [-0.25, -0.2) is 4.98 Å². The van der Waals surface area contributed by atoms with Crippen LogP contribution in [0, 0.1) is 17.0 Å². The summed E-state index contributed by atoms with van der Waals surface area (Å²) in [6.07, 6.45) is 2.83. The average molecular weight is 444 g/mol. The number of benzene rings is 1. The van der Waals surface area contributed by atoms with Crippen LogP contribution in [0.2, 0.25) is 0 Å². The van der Waals surface area contributed by atoms with E-state index in [1.165, 1.54) is 6.07 Å². The number of pyridine rings is 1. The van der Waals surface area contributed by atoms with E-state index in [1.54, 1.807) is 18.2 Å². The quantitative estimate of drug-likeness (QED) is 0.357. The standard InChI is InChI=1S/C23H28N2O7/c1-16-5-6-18(25(27)28)12-19(16)17-10-20(23(13-26)14-29-15-23)24-21(11-17)30-8-9-32-22-4-2-3-7-31-22/h5-6,10-12,22,26H,2-4,7-9,13-15H2,1H3. The van der Waals surface area contributed by atoms with E-state index < -0.39 is 10.3 Å². The van der Waals surface area contributed by atoms with Crippen LogP contribution in [0.15, 0.2) is 30.3 Å². The van der Waals surface area contributed by atoms with Gasteiger partial charge in [0.15, 0.2) is 6.29 Å². The Morgan fingerprint density at radius 3 is 2.75 bits per heavy atom. The molecule has 1 aromatic carbocycles. The molecule has 2 saturated heterocycles. The van der Waals surface area contributed by atoms with Crippen molar-refractivity contribution in [3.63, 3.8) is 0 Å². The average Bonchev–Trinajstić information content (AvgIpc) is 2.77. The molecule has 9 nitrogen and oxygen atoms in total. The smallest absolute Gasteiger partial charge is 0.270 e. The van der Waals surface area contributed by atoms with Gasteiger partial charge in [-0.2, -0.15) is 0 Å². The molecule has 0 spiro atoms. The van der Waals surface area contributed by atoms with Crippen LogP contribution in [-0.2, 0) is 19.6 Å². The highest BCUT2D eigenvalue weighted by Gasteiger charge is 2.42. The van der Waals surface area contributed by atoms with Crippen molar-refractivity contribution >= 4 is 5.69 Å². The number of non-ortho nitro benzene ring substituents is 1. The second-order valence-electron chi connectivity index (χ2n) is 8.28. The van der Waals surface area contributed by atoms with E-state index in [4.69, 9.17) is 18.9 Å². The highest BCUT2D eigenvalue weighted by Crippen LogP contribution is 2.36. The fourth-order valence-electron chi connectivity index (χ4n) is 3.88. The molecule has 3 heterocycles. The highest BCUT2D eigenvalue weighted by atomic mass is 16.7. The van der Waals surface area contributed by atoms with Crippen molar-refractivity contribution in [3.05, 3.63) is 51.7 Å². The fraction of sp³-hybridized carbons (Fsp3) is 0.522. The third-order valence-electron chi connectivity index (χ3n) is 5.92. The molecular weight excluding hydrogens is 416 g/mol. The monoisotopic (exact) mass is 444 g/mol. The van der Waals surface area contributed by atoms with Crippen molar-refractivity contribution < 1.29 is 29.0 Å². The summed E-state index contributed by atoms with van der Waals surface area (Å²) >= 11 is 0. The van der Waals surface area contributed by atoms with Gasteiger partial charge < -0.3 is 24.1 Å². The van der Waals surface area contributed by atoms with Gasteiger partial charge in [0, 0.05) is 24.8 Å². The van der Waals surface area contributed by atoms with Gasteiger partial charge >= 0.3 is 0 Å². The summed E-state index contributed by atoms with van der Waals surface area (Å²) in [5.74, 6) is 0.372. The number of aromatic nitrogens is 1. The molecule has 2 aromatic rings. The van der Waals surface area contributed by atoms with Crippen LogP contribution in [0.3, 0.4) is 0 Å². The van der Waals surface area contributed by atoms with Crippen molar-refractivity contribution in [3.8, 4) is 17.0 Å². The zero-order chi connectivity index (χ0) is 22.6. The third kappa shape index (κ3) is 4.91. The van der Waals surface area contributed by atoms with E-state index in [0.717, 1.165) is 30.4 Å². The van der Waals surface area contributed by atoms with Crippen LogP contribution in [-0.4, -0.2) is 60.9 Å². The molecule has 4 rings (SSSR count). The fourth-order valence-corrected chi connectivity index (χ4v) is 3.88. The van der Waals surface area contributed by atoms with Crippen LogP contribution in [0.5, 0.6) is 5.88 Å². The molecule has 2 fully saturated rings. The Bertz CT molecular complexity index is 950. The van der Waals surface area contributed by atoms with E-state index in [-0.39, 0.29) is 25.2 Å². The van der Waals surface area contributed by atoms with E-state index in [9.17, 15) is 15.2 Å². The summed E-state index contributed by atoms with van der Waals surface area (Å²) in [7, 11) is 0. The third-order valence-corrected chi connectivity index (χ3v) is 5.92. The first-order valence-corrected chi connectivity index (χ1v) is 10.8. The number of nitro groups is 1. The summed E-state index contributed by atoms with van der Waals surface area (Å²) in [5.41, 5.74) is 2.39. The Labute approximate surface area is 186 Å². The minimum atomic E-state index is -0.602. The lowest BCUT2D eigenvalue weighted by Crippen LogP contribution is -2.50. The Morgan fingerprint density at radius 2 is 2.09 bits per heavy atom. The van der Waals surface area contributed by atoms with Crippen LogP contribution < -0.4 is 4.74 Å². The Hall–Kier alpha value is -2.59. The largest absolute Gasteiger partial charge is 0.475 e. The van der Waals surface area contributed by atoms with E-state index in [0.29, 0.717) is 43.6 Å². The summed E-state index contributed by atoms with van der Waals surface area (Å²) in [6.45, 7) is 3.85. The van der Waals surface area contributed by atoms with Crippen molar-refractivity contribution in [2.75, 3.05) is 39.6 Å². The minimum absolute atomic E-state index is 0.0103. The zero-order valence-corrected chi connectivity index (χ0v) is 18.1. The van der Waals surface area contributed by atoms with Crippen LogP contribution >= 0.6 is 0 Å². The molecule has 0 aliphatic carbocycles. The molecule has 0 saturated carbocycles. The number of hydrogen-bond donors (Lipinski definition) is 1. The first-order valence-electron chi connectivity index (χ1n) is 10.8.